The first-order valence-electron chi connectivity index (χ1n) is 2.69. The maximum absolute atomic E-state index is 8.47. The molecule has 0 unspecified atom stereocenters. The summed E-state index contributed by atoms with van der Waals surface area (Å²) in [4.78, 5) is 0. The van der Waals surface area contributed by atoms with Gasteiger partial charge in [0, 0.05) is 19.1 Å². The zero-order valence-corrected chi connectivity index (χ0v) is 4.88. The minimum absolute atomic E-state index is 0.0694. The number of aliphatic hydroxyl groups excluding tert-OH is 2. The number of hydrogen-bond acceptors (Lipinski definition) is 2. The van der Waals surface area contributed by atoms with E-state index in [0.29, 0.717) is 6.42 Å². The van der Waals surface area contributed by atoms with Crippen LogP contribution in [-0.2, 0) is 0 Å². The molecule has 0 spiro atoms. The lowest BCUT2D eigenvalue weighted by Crippen LogP contribution is -2.03. The fraction of sp³-hybridized carbons (Fsp3) is 0.667. The van der Waals surface area contributed by atoms with Crippen LogP contribution in [0.1, 0.15) is 6.42 Å². The van der Waals surface area contributed by atoms with Crippen molar-refractivity contribution < 1.29 is 10.2 Å². The second-order valence-electron chi connectivity index (χ2n) is 1.69. The third kappa shape index (κ3) is 2.77. The Labute approximate surface area is 49.5 Å². The van der Waals surface area contributed by atoms with Crippen molar-refractivity contribution in [1.82, 2.24) is 0 Å². The van der Waals surface area contributed by atoms with Crippen molar-refractivity contribution in [2.24, 2.45) is 5.92 Å². The van der Waals surface area contributed by atoms with Crippen molar-refractivity contribution >= 4 is 0 Å². The van der Waals surface area contributed by atoms with E-state index in [2.05, 4.69) is 6.58 Å². The molecule has 0 aromatic heterocycles. The summed E-state index contributed by atoms with van der Waals surface area (Å²) in [5.41, 5.74) is 0. The van der Waals surface area contributed by atoms with Crippen LogP contribution in [0.15, 0.2) is 12.7 Å². The lowest BCUT2D eigenvalue weighted by molar-refractivity contribution is 0.208. The summed E-state index contributed by atoms with van der Waals surface area (Å²) in [5, 5.41) is 16.8. The van der Waals surface area contributed by atoms with Crippen LogP contribution in [0, 0.1) is 5.92 Å². The molecular formula is C6H12O2. The van der Waals surface area contributed by atoms with Crippen molar-refractivity contribution in [2.45, 2.75) is 6.42 Å². The van der Waals surface area contributed by atoms with E-state index in [4.69, 9.17) is 10.2 Å². The lowest BCUT2D eigenvalue weighted by Gasteiger charge is -2.03. The van der Waals surface area contributed by atoms with Crippen molar-refractivity contribution in [3.8, 4) is 0 Å². The molecular weight excluding hydrogens is 104 g/mol. The fourth-order valence-corrected chi connectivity index (χ4v) is 0.449. The molecule has 0 amide bonds. The molecule has 0 radical (unpaired) electrons. The van der Waals surface area contributed by atoms with Gasteiger partial charge in [-0.3, -0.25) is 0 Å². The summed E-state index contributed by atoms with van der Waals surface area (Å²) >= 11 is 0. The average molecular weight is 116 g/mol. The summed E-state index contributed by atoms with van der Waals surface area (Å²) in [5.74, 6) is 0.0694. The van der Waals surface area contributed by atoms with Crippen LogP contribution >= 0.6 is 0 Å². The number of aliphatic hydroxyl groups is 2. The largest absolute Gasteiger partial charge is 0.396 e. The van der Waals surface area contributed by atoms with Gasteiger partial charge in [0.05, 0.1) is 0 Å². The number of hydrogen-bond donors (Lipinski definition) is 2. The molecule has 2 heteroatoms. The molecule has 0 heterocycles. The molecule has 0 aliphatic rings. The standard InChI is InChI=1S/C6H12O2/c1-2-6(5-8)3-4-7/h2,6-8H,1,3-5H2/t6-/m0/s1. The van der Waals surface area contributed by atoms with E-state index in [0.717, 1.165) is 0 Å². The van der Waals surface area contributed by atoms with E-state index in [9.17, 15) is 0 Å². The van der Waals surface area contributed by atoms with E-state index in [1.54, 1.807) is 6.08 Å². The Hall–Kier alpha value is -0.340. The predicted molar refractivity (Wildman–Crippen MR) is 32.5 cm³/mol. The molecule has 0 aliphatic heterocycles. The first-order chi connectivity index (χ1) is 3.85. The summed E-state index contributed by atoms with van der Waals surface area (Å²) < 4.78 is 0. The highest BCUT2D eigenvalue weighted by molar-refractivity contribution is 4.77. The van der Waals surface area contributed by atoms with E-state index < -0.39 is 0 Å². The van der Waals surface area contributed by atoms with E-state index in [-0.39, 0.29) is 19.1 Å². The smallest absolute Gasteiger partial charge is 0.0494 e. The second kappa shape index (κ2) is 4.81. The molecule has 8 heavy (non-hydrogen) atoms. The van der Waals surface area contributed by atoms with E-state index in [1.165, 1.54) is 0 Å². The van der Waals surface area contributed by atoms with Gasteiger partial charge in [0.15, 0.2) is 0 Å². The minimum Gasteiger partial charge on any atom is -0.396 e. The van der Waals surface area contributed by atoms with Crippen molar-refractivity contribution in [1.29, 1.82) is 0 Å². The molecule has 1 atom stereocenters. The van der Waals surface area contributed by atoms with Gasteiger partial charge in [-0.05, 0) is 6.42 Å². The molecule has 0 aromatic carbocycles. The summed E-state index contributed by atoms with van der Waals surface area (Å²) in [6.45, 7) is 3.69. The van der Waals surface area contributed by atoms with Gasteiger partial charge in [-0.1, -0.05) is 6.08 Å². The van der Waals surface area contributed by atoms with Crippen LogP contribution in [-0.4, -0.2) is 23.4 Å². The Balaban J connectivity index is 3.21. The van der Waals surface area contributed by atoms with Crippen molar-refractivity contribution in [2.75, 3.05) is 13.2 Å². The van der Waals surface area contributed by atoms with Gasteiger partial charge in [-0.2, -0.15) is 0 Å². The monoisotopic (exact) mass is 116 g/mol. The highest BCUT2D eigenvalue weighted by Gasteiger charge is 1.97. The SMILES string of the molecule is C=C[C@H](CO)CCO. The van der Waals surface area contributed by atoms with Gasteiger partial charge in [0.1, 0.15) is 0 Å². The molecule has 2 N–H and O–H groups in total. The van der Waals surface area contributed by atoms with Gasteiger partial charge in [0.2, 0.25) is 0 Å². The van der Waals surface area contributed by atoms with E-state index in [1.807, 2.05) is 0 Å². The molecule has 0 saturated carbocycles. The van der Waals surface area contributed by atoms with Crippen LogP contribution in [0.25, 0.3) is 0 Å². The van der Waals surface area contributed by atoms with Gasteiger partial charge < -0.3 is 10.2 Å². The minimum atomic E-state index is 0.0694. The topological polar surface area (TPSA) is 40.5 Å². The Bertz CT molecular complexity index is 61.5. The second-order valence-corrected chi connectivity index (χ2v) is 1.69. The predicted octanol–water partition coefficient (Wildman–Crippen LogP) is 0.163. The molecule has 2 nitrogen and oxygen atoms in total. The zero-order chi connectivity index (χ0) is 6.41. The lowest BCUT2D eigenvalue weighted by atomic mass is 10.1. The molecule has 0 bridgehead atoms. The summed E-state index contributed by atoms with van der Waals surface area (Å²) in [6, 6.07) is 0. The zero-order valence-electron chi connectivity index (χ0n) is 4.88. The Kier molecular flexibility index (Phi) is 4.61. The molecule has 0 rings (SSSR count). The average Bonchev–Trinajstić information content (AvgIpc) is 1.83. The first-order valence-corrected chi connectivity index (χ1v) is 2.69. The van der Waals surface area contributed by atoms with Crippen LogP contribution in [0.2, 0.25) is 0 Å². The molecule has 0 fully saturated rings. The Morgan fingerprint density at radius 1 is 1.50 bits per heavy atom. The van der Waals surface area contributed by atoms with Crippen LogP contribution in [0.3, 0.4) is 0 Å². The highest BCUT2D eigenvalue weighted by atomic mass is 16.3. The Morgan fingerprint density at radius 2 is 2.12 bits per heavy atom. The third-order valence-corrected chi connectivity index (χ3v) is 1.07. The number of rotatable bonds is 4. The quantitative estimate of drug-likeness (QED) is 0.514. The summed E-state index contributed by atoms with van der Waals surface area (Å²) in [7, 11) is 0. The maximum Gasteiger partial charge on any atom is 0.0494 e. The molecule has 0 aliphatic carbocycles. The van der Waals surface area contributed by atoms with Crippen molar-refractivity contribution in [3.63, 3.8) is 0 Å². The van der Waals surface area contributed by atoms with Crippen LogP contribution in [0.5, 0.6) is 0 Å². The van der Waals surface area contributed by atoms with Crippen LogP contribution < -0.4 is 0 Å². The van der Waals surface area contributed by atoms with Gasteiger partial charge >= 0.3 is 0 Å². The maximum atomic E-state index is 8.47. The Morgan fingerprint density at radius 3 is 2.25 bits per heavy atom. The van der Waals surface area contributed by atoms with Gasteiger partial charge in [-0.15, -0.1) is 6.58 Å². The highest BCUT2D eigenvalue weighted by Crippen LogP contribution is 1.99. The third-order valence-electron chi connectivity index (χ3n) is 1.07. The normalized spacial score (nSPS) is 13.2. The fourth-order valence-electron chi connectivity index (χ4n) is 0.449. The van der Waals surface area contributed by atoms with Crippen LogP contribution in [0.4, 0.5) is 0 Å². The summed E-state index contributed by atoms with van der Waals surface area (Å²) in [6.07, 6.45) is 2.26. The van der Waals surface area contributed by atoms with Crippen molar-refractivity contribution in [3.05, 3.63) is 12.7 Å². The molecule has 48 valence electrons. The first kappa shape index (κ1) is 7.66. The van der Waals surface area contributed by atoms with Gasteiger partial charge in [-0.25, -0.2) is 0 Å². The molecule has 0 aromatic rings. The van der Waals surface area contributed by atoms with E-state index >= 15 is 0 Å². The molecule has 0 saturated heterocycles. The van der Waals surface area contributed by atoms with Gasteiger partial charge in [0.25, 0.3) is 0 Å².